The molecule has 3 aliphatic heterocycles. The highest BCUT2D eigenvalue weighted by Gasteiger charge is 2.27. The Bertz CT molecular complexity index is 1050. The maximum atomic E-state index is 11.3. The molecule has 0 aromatic carbocycles. The second kappa shape index (κ2) is 10.6. The van der Waals surface area contributed by atoms with E-state index in [1.54, 1.807) is 19.2 Å². The maximum absolute atomic E-state index is 11.3. The highest BCUT2D eigenvalue weighted by Crippen LogP contribution is 2.23. The summed E-state index contributed by atoms with van der Waals surface area (Å²) in [4.78, 5) is 22.1. The Balaban J connectivity index is 1.64. The molecule has 0 aromatic rings. The summed E-state index contributed by atoms with van der Waals surface area (Å²) in [6, 6.07) is 0. The van der Waals surface area contributed by atoms with Crippen molar-refractivity contribution in [1.82, 2.24) is 15.5 Å². The number of hydrogen-bond acceptors (Lipinski definition) is 7. The number of nitrogens with two attached hydrogens (primary N) is 2. The quantitative estimate of drug-likeness (QED) is 0.283. The molecule has 174 valence electrons. The average molecular weight is 449 g/mol. The lowest BCUT2D eigenvalue weighted by atomic mass is 10.00. The van der Waals surface area contributed by atoms with Crippen molar-refractivity contribution in [3.63, 3.8) is 0 Å². The summed E-state index contributed by atoms with van der Waals surface area (Å²) in [7, 11) is 0. The average Bonchev–Trinajstić information content (AvgIpc) is 2.75. The van der Waals surface area contributed by atoms with Gasteiger partial charge < -0.3 is 32.4 Å². The summed E-state index contributed by atoms with van der Waals surface area (Å²) in [5.74, 6) is 1.62. The molecule has 3 heterocycles. The van der Waals surface area contributed by atoms with Crippen LogP contribution in [-0.4, -0.2) is 48.7 Å². The number of nitrogens with zero attached hydrogens (tertiary/aromatic N) is 3. The lowest BCUT2D eigenvalue weighted by Crippen LogP contribution is -2.50. The van der Waals surface area contributed by atoms with Gasteiger partial charge in [0.05, 0.1) is 11.4 Å². The van der Waals surface area contributed by atoms with Crippen molar-refractivity contribution < 1.29 is 4.79 Å². The number of amides is 1. The van der Waals surface area contributed by atoms with Crippen molar-refractivity contribution in [2.45, 2.75) is 20.8 Å². The molecule has 0 spiro atoms. The van der Waals surface area contributed by atoms with Gasteiger partial charge in [-0.2, -0.15) is 0 Å². The molecule has 0 aromatic heterocycles. The fourth-order valence-electron chi connectivity index (χ4n) is 3.50. The van der Waals surface area contributed by atoms with Crippen LogP contribution in [0.5, 0.6) is 0 Å². The minimum absolute atomic E-state index is 0.109. The Morgan fingerprint density at radius 3 is 2.73 bits per heavy atom. The van der Waals surface area contributed by atoms with Crippen LogP contribution in [0.15, 0.2) is 80.6 Å². The molecule has 0 radical (unpaired) electrons. The first-order valence-corrected chi connectivity index (χ1v) is 10.9. The van der Waals surface area contributed by atoms with E-state index in [2.05, 4.69) is 20.6 Å². The van der Waals surface area contributed by atoms with Crippen LogP contribution < -0.4 is 22.1 Å². The number of hydrogen-bond donors (Lipinski definition) is 5. The second-order valence-corrected chi connectivity index (χ2v) is 8.45. The third-order valence-corrected chi connectivity index (χ3v) is 5.55. The molecule has 0 unspecified atom stereocenters. The van der Waals surface area contributed by atoms with E-state index in [1.165, 1.54) is 12.4 Å². The number of allylic oxidation sites excluding steroid dienone is 6. The Labute approximate surface area is 194 Å². The van der Waals surface area contributed by atoms with Crippen LogP contribution in [-0.2, 0) is 4.79 Å². The predicted molar refractivity (Wildman–Crippen MR) is 133 cm³/mol. The highest BCUT2D eigenvalue weighted by molar-refractivity contribution is 5.97. The van der Waals surface area contributed by atoms with Gasteiger partial charge in [-0.25, -0.2) is 4.99 Å². The monoisotopic (exact) mass is 448 g/mol. The maximum Gasteiger partial charge on any atom is 0.219 e. The van der Waals surface area contributed by atoms with Crippen LogP contribution in [0.25, 0.3) is 0 Å². The molecular weight excluding hydrogens is 416 g/mol. The van der Waals surface area contributed by atoms with Gasteiger partial charge in [-0.1, -0.05) is 13.8 Å². The molecule has 9 heteroatoms. The van der Waals surface area contributed by atoms with Gasteiger partial charge >= 0.3 is 0 Å². The van der Waals surface area contributed by atoms with E-state index >= 15 is 0 Å². The summed E-state index contributed by atoms with van der Waals surface area (Å²) in [6.45, 7) is 7.76. The number of rotatable bonds is 8. The molecule has 7 N–H and O–H groups in total. The molecule has 0 aliphatic carbocycles. The summed E-state index contributed by atoms with van der Waals surface area (Å²) in [6.07, 6.45) is 13.9. The predicted octanol–water partition coefficient (Wildman–Crippen LogP) is 1.67. The van der Waals surface area contributed by atoms with Crippen molar-refractivity contribution in [2.24, 2.45) is 33.3 Å². The van der Waals surface area contributed by atoms with Crippen LogP contribution in [0.1, 0.15) is 20.8 Å². The van der Waals surface area contributed by atoms with E-state index in [-0.39, 0.29) is 11.8 Å². The number of likely N-dealkylation sites (tertiary alicyclic amines) is 1. The normalized spacial score (nSPS) is 19.6. The van der Waals surface area contributed by atoms with E-state index in [0.29, 0.717) is 24.1 Å². The lowest BCUT2D eigenvalue weighted by Gasteiger charge is -2.37. The van der Waals surface area contributed by atoms with Crippen molar-refractivity contribution in [1.29, 1.82) is 5.41 Å². The van der Waals surface area contributed by atoms with Gasteiger partial charge in [0.25, 0.3) is 0 Å². The first kappa shape index (κ1) is 23.8. The minimum Gasteiger partial charge on any atom is -0.404 e. The number of nitrogens with one attached hydrogen (secondary N) is 3. The smallest absolute Gasteiger partial charge is 0.219 e. The number of carbonyl (C=O) groups is 1. The highest BCUT2D eigenvalue weighted by atomic mass is 16.2. The molecule has 1 fully saturated rings. The van der Waals surface area contributed by atoms with E-state index in [0.717, 1.165) is 41.2 Å². The van der Waals surface area contributed by atoms with Gasteiger partial charge in [0, 0.05) is 68.5 Å². The molecule has 33 heavy (non-hydrogen) atoms. The fourth-order valence-corrected chi connectivity index (χ4v) is 3.50. The number of amidine groups is 1. The molecule has 9 nitrogen and oxygen atoms in total. The molecule has 0 saturated carbocycles. The number of fused-ring (bicyclic) bond motifs is 1. The summed E-state index contributed by atoms with van der Waals surface area (Å²) in [5.41, 5.74) is 16.1. The summed E-state index contributed by atoms with van der Waals surface area (Å²) in [5, 5.41) is 14.0. The second-order valence-electron chi connectivity index (χ2n) is 8.45. The van der Waals surface area contributed by atoms with E-state index in [9.17, 15) is 4.79 Å². The third-order valence-electron chi connectivity index (χ3n) is 5.55. The summed E-state index contributed by atoms with van der Waals surface area (Å²) < 4.78 is 0. The van der Waals surface area contributed by atoms with Gasteiger partial charge in [-0.3, -0.25) is 9.79 Å². The van der Waals surface area contributed by atoms with Crippen LogP contribution >= 0.6 is 0 Å². The molecule has 1 amide bonds. The summed E-state index contributed by atoms with van der Waals surface area (Å²) >= 11 is 0. The Morgan fingerprint density at radius 2 is 2.09 bits per heavy atom. The molecule has 0 atom stereocenters. The van der Waals surface area contributed by atoms with Crippen LogP contribution in [0.3, 0.4) is 0 Å². The van der Waals surface area contributed by atoms with E-state index < -0.39 is 0 Å². The zero-order chi connectivity index (χ0) is 24.0. The zero-order valence-electron chi connectivity index (χ0n) is 19.3. The van der Waals surface area contributed by atoms with Crippen molar-refractivity contribution in [2.75, 3.05) is 19.6 Å². The first-order valence-electron chi connectivity index (χ1n) is 10.9. The molecule has 3 aliphatic rings. The van der Waals surface area contributed by atoms with Crippen LogP contribution in [0, 0.1) is 17.2 Å². The zero-order valence-corrected chi connectivity index (χ0v) is 19.3. The van der Waals surface area contributed by atoms with E-state index in [1.807, 2.05) is 43.2 Å². The molecule has 3 rings (SSSR count). The number of dihydropyridines is 2. The molecule has 0 bridgehead atoms. The van der Waals surface area contributed by atoms with Crippen molar-refractivity contribution >= 4 is 24.2 Å². The third kappa shape index (κ3) is 6.09. The van der Waals surface area contributed by atoms with E-state index in [4.69, 9.17) is 16.9 Å². The molecule has 1 saturated heterocycles. The Hall–Kier alpha value is -3.88. The standard InChI is InChI=1S/C24H32N8O/c1-15(2)18(8-25)7-23(27)31-24-5-4-21-22(30-24)6-19(12-29-21)20(9-26)11-28-10-17-13-32(14-17)16(3)33/h4-9,11-12,15,17,25,29-30H,10,13-14,26H2,1-3H3,(H2,27,31). The molecular formula is C24H32N8O. The van der Waals surface area contributed by atoms with Gasteiger partial charge in [0.15, 0.2) is 0 Å². The van der Waals surface area contributed by atoms with Crippen LogP contribution in [0.4, 0.5) is 0 Å². The van der Waals surface area contributed by atoms with Gasteiger partial charge in [0.1, 0.15) is 11.7 Å². The van der Waals surface area contributed by atoms with Crippen molar-refractivity contribution in [3.05, 3.63) is 70.6 Å². The lowest BCUT2D eigenvalue weighted by molar-refractivity contribution is -0.134. The largest absolute Gasteiger partial charge is 0.404 e. The number of aliphatic imine (C=N–C) groups is 2. The Kier molecular flexibility index (Phi) is 7.66. The minimum atomic E-state index is 0.109. The van der Waals surface area contributed by atoms with Crippen molar-refractivity contribution in [3.8, 4) is 0 Å². The van der Waals surface area contributed by atoms with Crippen LogP contribution in [0.2, 0.25) is 0 Å². The van der Waals surface area contributed by atoms with Gasteiger partial charge in [-0.15, -0.1) is 0 Å². The SMILES string of the molecule is CC(=O)N1CC(CN=CC(=CN)C2=CNC3=CC=C(N=C(N)C=C(C=N)C(C)C)NC3=C2)C1. The topological polar surface area (TPSA) is 145 Å². The fraction of sp³-hybridized carbons (Fsp3) is 0.333. The van der Waals surface area contributed by atoms with Gasteiger partial charge in [-0.05, 0) is 35.8 Å². The first-order chi connectivity index (χ1) is 15.8. The van der Waals surface area contributed by atoms with Gasteiger partial charge in [0.2, 0.25) is 5.91 Å². The number of carbonyl (C=O) groups excluding carboxylic acids is 1. The Morgan fingerprint density at radius 1 is 1.33 bits per heavy atom.